The zero-order chi connectivity index (χ0) is 19.3. The number of benzene rings is 2. The molecule has 0 aliphatic carbocycles. The Bertz CT molecular complexity index is 856. The first-order chi connectivity index (χ1) is 12.3. The van der Waals surface area contributed by atoms with Gasteiger partial charge in [-0.2, -0.15) is 0 Å². The number of halogens is 1. The summed E-state index contributed by atoms with van der Waals surface area (Å²) in [5, 5.41) is 10.8. The van der Waals surface area contributed by atoms with Gasteiger partial charge in [0.2, 0.25) is 0 Å². The van der Waals surface area contributed by atoms with Crippen LogP contribution in [0.4, 0.5) is 15.8 Å². The number of nitrogens with zero attached hydrogens (tertiary/aromatic N) is 2. The number of rotatable bonds is 6. The number of likely N-dealkylation sites (N-methyl/N-ethyl adjacent to an activating group) is 1. The fourth-order valence-corrected chi connectivity index (χ4v) is 2.12. The lowest BCUT2D eigenvalue weighted by Crippen LogP contribution is -2.31. The number of nitro groups is 1. The third-order valence-electron chi connectivity index (χ3n) is 3.58. The van der Waals surface area contributed by atoms with E-state index >= 15 is 0 Å². The van der Waals surface area contributed by atoms with Crippen LogP contribution in [-0.4, -0.2) is 35.4 Å². The zero-order valence-corrected chi connectivity index (χ0v) is 13.8. The number of hydrogen-bond donors (Lipinski definition) is 1. The minimum absolute atomic E-state index is 0.0103. The van der Waals surface area contributed by atoms with Crippen molar-refractivity contribution in [1.82, 2.24) is 4.90 Å². The molecule has 0 atom stereocenters. The molecule has 2 aromatic carbocycles. The van der Waals surface area contributed by atoms with E-state index in [2.05, 4.69) is 0 Å². The maximum absolute atomic E-state index is 13.6. The van der Waals surface area contributed by atoms with E-state index in [-0.39, 0.29) is 17.8 Å². The highest BCUT2D eigenvalue weighted by Crippen LogP contribution is 2.22. The van der Waals surface area contributed by atoms with Gasteiger partial charge in [0.25, 0.3) is 11.6 Å². The zero-order valence-electron chi connectivity index (χ0n) is 13.8. The molecule has 2 aromatic rings. The number of nitrogens with two attached hydrogens (primary N) is 1. The fourth-order valence-electron chi connectivity index (χ4n) is 2.12. The van der Waals surface area contributed by atoms with E-state index in [4.69, 9.17) is 10.5 Å². The minimum atomic E-state index is -0.902. The van der Waals surface area contributed by atoms with Crippen molar-refractivity contribution in [2.24, 2.45) is 0 Å². The van der Waals surface area contributed by atoms with Crippen molar-refractivity contribution >= 4 is 23.3 Å². The van der Waals surface area contributed by atoms with Crippen molar-refractivity contribution in [2.75, 3.05) is 19.4 Å². The number of esters is 1. The van der Waals surface area contributed by atoms with E-state index in [9.17, 15) is 24.1 Å². The predicted molar refractivity (Wildman–Crippen MR) is 90.7 cm³/mol. The first-order valence-corrected chi connectivity index (χ1v) is 7.48. The molecule has 2 rings (SSSR count). The van der Waals surface area contributed by atoms with E-state index < -0.39 is 34.9 Å². The van der Waals surface area contributed by atoms with E-state index in [1.54, 1.807) is 12.1 Å². The van der Waals surface area contributed by atoms with Crippen molar-refractivity contribution in [2.45, 2.75) is 6.54 Å². The summed E-state index contributed by atoms with van der Waals surface area (Å²) in [6.07, 6.45) is 0. The third-order valence-corrected chi connectivity index (χ3v) is 3.58. The van der Waals surface area contributed by atoms with Crippen molar-refractivity contribution in [1.29, 1.82) is 0 Å². The van der Waals surface area contributed by atoms with Gasteiger partial charge in [0.05, 0.1) is 10.5 Å². The van der Waals surface area contributed by atoms with Gasteiger partial charge in [-0.3, -0.25) is 14.9 Å². The molecule has 0 aromatic heterocycles. The van der Waals surface area contributed by atoms with Gasteiger partial charge in [0.15, 0.2) is 6.61 Å². The first kappa shape index (κ1) is 18.8. The molecule has 2 N–H and O–H groups in total. The number of amides is 1. The number of ether oxygens (including phenoxy) is 1. The molecular weight excluding hydrogens is 345 g/mol. The number of nitro benzene ring substituents is 1. The maximum Gasteiger partial charge on any atom is 0.338 e. The summed E-state index contributed by atoms with van der Waals surface area (Å²) in [6, 6.07) is 9.45. The highest BCUT2D eigenvalue weighted by atomic mass is 19.1. The van der Waals surface area contributed by atoms with Crippen LogP contribution in [0.2, 0.25) is 0 Å². The number of anilines is 1. The number of carbonyl (C=O) groups is 2. The van der Waals surface area contributed by atoms with Crippen LogP contribution in [0, 0.1) is 15.9 Å². The smallest absolute Gasteiger partial charge is 0.338 e. The lowest BCUT2D eigenvalue weighted by molar-refractivity contribution is -0.383. The topological polar surface area (TPSA) is 116 Å². The summed E-state index contributed by atoms with van der Waals surface area (Å²) in [4.78, 5) is 35.3. The molecule has 0 heterocycles. The molecule has 0 aliphatic rings. The van der Waals surface area contributed by atoms with Crippen LogP contribution < -0.4 is 5.73 Å². The van der Waals surface area contributed by atoms with Crippen molar-refractivity contribution in [3.8, 4) is 0 Å². The molecule has 9 heteroatoms. The molecule has 8 nitrogen and oxygen atoms in total. The normalized spacial score (nSPS) is 10.2. The number of carbonyl (C=O) groups excluding carboxylic acids is 2. The summed E-state index contributed by atoms with van der Waals surface area (Å²) < 4.78 is 18.5. The van der Waals surface area contributed by atoms with Crippen LogP contribution in [0.1, 0.15) is 15.9 Å². The second-order valence-corrected chi connectivity index (χ2v) is 5.45. The van der Waals surface area contributed by atoms with E-state index in [0.717, 1.165) is 6.07 Å². The molecule has 0 saturated carbocycles. The highest BCUT2D eigenvalue weighted by Gasteiger charge is 2.18. The molecule has 0 aliphatic heterocycles. The van der Waals surface area contributed by atoms with Crippen LogP contribution in [-0.2, 0) is 16.1 Å². The number of hydrogen-bond acceptors (Lipinski definition) is 6. The Kier molecular flexibility index (Phi) is 5.84. The Hall–Kier alpha value is -3.49. The molecule has 0 spiro atoms. The second kappa shape index (κ2) is 8.06. The van der Waals surface area contributed by atoms with Crippen molar-refractivity contribution in [3.05, 3.63) is 69.5 Å². The van der Waals surface area contributed by atoms with Crippen LogP contribution >= 0.6 is 0 Å². The molecule has 0 unspecified atom stereocenters. The molecule has 136 valence electrons. The molecule has 26 heavy (non-hydrogen) atoms. The summed E-state index contributed by atoms with van der Waals surface area (Å²) in [6.45, 7) is -0.571. The number of nitrogen functional groups attached to an aromatic ring is 1. The summed E-state index contributed by atoms with van der Waals surface area (Å²) >= 11 is 0. The first-order valence-electron chi connectivity index (χ1n) is 7.48. The van der Waals surface area contributed by atoms with Gasteiger partial charge in [-0.15, -0.1) is 0 Å². The molecule has 0 bridgehead atoms. The van der Waals surface area contributed by atoms with Gasteiger partial charge in [0.1, 0.15) is 11.5 Å². The average Bonchev–Trinajstić information content (AvgIpc) is 2.61. The molecular formula is C17H16FN3O5. The standard InChI is InChI=1S/C17H16FN3O5/c1-20(9-12-4-2-3-5-13(12)18)16(22)10-26-17(23)11-6-7-14(19)15(8-11)21(24)25/h2-8H,9-10,19H2,1H3. The summed E-state index contributed by atoms with van der Waals surface area (Å²) in [5.74, 6) is -1.90. The Morgan fingerprint density at radius 3 is 2.62 bits per heavy atom. The molecule has 0 fully saturated rings. The second-order valence-electron chi connectivity index (χ2n) is 5.45. The van der Waals surface area contributed by atoms with E-state index in [1.807, 2.05) is 0 Å². The van der Waals surface area contributed by atoms with Gasteiger partial charge in [-0.25, -0.2) is 9.18 Å². The van der Waals surface area contributed by atoms with Gasteiger partial charge in [0, 0.05) is 25.2 Å². The summed E-state index contributed by atoms with van der Waals surface area (Å²) in [7, 11) is 1.44. The molecule has 1 amide bonds. The average molecular weight is 361 g/mol. The van der Waals surface area contributed by atoms with E-state index in [0.29, 0.717) is 5.56 Å². The van der Waals surface area contributed by atoms with Crippen LogP contribution in [0.15, 0.2) is 42.5 Å². The quantitative estimate of drug-likeness (QED) is 0.365. The molecule has 0 radical (unpaired) electrons. The Labute approximate surface area is 148 Å². The largest absolute Gasteiger partial charge is 0.452 e. The predicted octanol–water partition coefficient (Wildman–Crippen LogP) is 2.13. The van der Waals surface area contributed by atoms with Gasteiger partial charge < -0.3 is 15.4 Å². The lowest BCUT2D eigenvalue weighted by Gasteiger charge is -2.17. The Balaban J connectivity index is 1.96. The van der Waals surface area contributed by atoms with Gasteiger partial charge >= 0.3 is 5.97 Å². The minimum Gasteiger partial charge on any atom is -0.452 e. The fraction of sp³-hybridized carbons (Fsp3) is 0.176. The lowest BCUT2D eigenvalue weighted by atomic mass is 10.2. The van der Waals surface area contributed by atoms with Crippen LogP contribution in [0.3, 0.4) is 0 Å². The Morgan fingerprint density at radius 2 is 1.96 bits per heavy atom. The SMILES string of the molecule is CN(Cc1ccccc1F)C(=O)COC(=O)c1ccc(N)c([N+](=O)[O-])c1. The van der Waals surface area contributed by atoms with E-state index in [1.165, 1.54) is 36.2 Å². The monoisotopic (exact) mass is 361 g/mol. The van der Waals surface area contributed by atoms with Gasteiger partial charge in [-0.05, 0) is 18.2 Å². The van der Waals surface area contributed by atoms with Crippen LogP contribution in [0.25, 0.3) is 0 Å². The molecule has 0 saturated heterocycles. The maximum atomic E-state index is 13.6. The third kappa shape index (κ3) is 4.53. The van der Waals surface area contributed by atoms with Gasteiger partial charge in [-0.1, -0.05) is 18.2 Å². The van der Waals surface area contributed by atoms with Crippen LogP contribution in [0.5, 0.6) is 0 Å². The Morgan fingerprint density at radius 1 is 1.27 bits per heavy atom. The van der Waals surface area contributed by atoms with Crippen molar-refractivity contribution in [3.63, 3.8) is 0 Å². The highest BCUT2D eigenvalue weighted by molar-refractivity contribution is 5.92. The van der Waals surface area contributed by atoms with Crippen molar-refractivity contribution < 1.29 is 23.6 Å². The summed E-state index contributed by atoms with van der Waals surface area (Å²) in [5.41, 5.74) is 5.16.